The highest BCUT2D eigenvalue weighted by Gasteiger charge is 2.28. The molecule has 1 unspecified atom stereocenters. The lowest BCUT2D eigenvalue weighted by Crippen LogP contribution is -2.24. The number of carbonyl (C=O) groups excluding carboxylic acids is 3. The first-order valence-corrected chi connectivity index (χ1v) is 14.1. The van der Waals surface area contributed by atoms with Crippen molar-refractivity contribution in [3.63, 3.8) is 0 Å². The maximum atomic E-state index is 13.3. The van der Waals surface area contributed by atoms with E-state index in [0.717, 1.165) is 43.7 Å². The summed E-state index contributed by atoms with van der Waals surface area (Å²) in [5, 5.41) is 4.58. The van der Waals surface area contributed by atoms with E-state index in [0.29, 0.717) is 23.6 Å². The lowest BCUT2D eigenvalue weighted by atomic mass is 9.87. The van der Waals surface area contributed by atoms with Crippen LogP contribution in [0.3, 0.4) is 0 Å². The number of anilines is 1. The van der Waals surface area contributed by atoms with Crippen molar-refractivity contribution in [1.29, 1.82) is 0 Å². The van der Waals surface area contributed by atoms with E-state index < -0.39 is 26.9 Å². The van der Waals surface area contributed by atoms with E-state index in [1.165, 1.54) is 24.5 Å². The van der Waals surface area contributed by atoms with Crippen molar-refractivity contribution in [3.8, 4) is 0 Å². The van der Waals surface area contributed by atoms with Gasteiger partial charge in [-0.05, 0) is 47.9 Å². The summed E-state index contributed by atoms with van der Waals surface area (Å²) >= 11 is 7.04. The smallest absolute Gasteiger partial charge is 0.290 e. The number of thioether (sulfide) groups is 1. The number of nitrogens with zero attached hydrogens (tertiary/aromatic N) is 2. The summed E-state index contributed by atoms with van der Waals surface area (Å²) in [6.45, 7) is 0. The Balaban J connectivity index is 1.53. The maximum Gasteiger partial charge on any atom is 0.290 e. The van der Waals surface area contributed by atoms with Crippen LogP contribution < -0.4 is 10.6 Å². The van der Waals surface area contributed by atoms with Crippen LogP contribution in [0.1, 0.15) is 49.3 Å². The average Bonchev–Trinajstić information content (AvgIpc) is 3.41. The van der Waals surface area contributed by atoms with E-state index in [4.69, 9.17) is 11.6 Å². The molecule has 1 saturated heterocycles. The zero-order valence-corrected chi connectivity index (χ0v) is 21.2. The fraction of sp³-hybridized carbons (Fsp3) is 0.348. The Labute approximate surface area is 212 Å². The van der Waals surface area contributed by atoms with Gasteiger partial charge in [0.05, 0.1) is 38.8 Å². The third kappa shape index (κ3) is 6.28. The number of halogens is 1. The molecule has 12 heteroatoms. The zero-order valence-electron chi connectivity index (χ0n) is 18.8. The average molecular weight is 535 g/mol. The van der Waals surface area contributed by atoms with Gasteiger partial charge in [-0.15, -0.1) is 0 Å². The summed E-state index contributed by atoms with van der Waals surface area (Å²) in [6.07, 6.45) is 10.2. The third-order valence-electron chi connectivity index (χ3n) is 5.96. The topological polar surface area (TPSA) is 135 Å². The Morgan fingerprint density at radius 2 is 2.00 bits per heavy atom. The van der Waals surface area contributed by atoms with Gasteiger partial charge in [0.2, 0.25) is 5.91 Å². The summed E-state index contributed by atoms with van der Waals surface area (Å²) in [4.78, 5) is 44.9. The van der Waals surface area contributed by atoms with Crippen LogP contribution in [0.4, 0.5) is 10.6 Å². The van der Waals surface area contributed by atoms with Gasteiger partial charge in [0.25, 0.3) is 11.1 Å². The van der Waals surface area contributed by atoms with Gasteiger partial charge in [-0.2, -0.15) is 0 Å². The predicted octanol–water partition coefficient (Wildman–Crippen LogP) is 4.16. The van der Waals surface area contributed by atoms with Crippen LogP contribution in [0.5, 0.6) is 0 Å². The first-order valence-electron chi connectivity index (χ1n) is 11.0. The van der Waals surface area contributed by atoms with Crippen LogP contribution in [0.25, 0.3) is 6.08 Å². The first kappa shape index (κ1) is 25.3. The predicted molar refractivity (Wildman–Crippen MR) is 134 cm³/mol. The number of aromatic nitrogens is 2. The Kier molecular flexibility index (Phi) is 7.58. The fourth-order valence-electron chi connectivity index (χ4n) is 4.25. The number of carbonyl (C=O) groups is 3. The minimum absolute atomic E-state index is 0.0225. The molecule has 0 spiro atoms. The normalized spacial score (nSPS) is 18.6. The number of benzene rings is 1. The quantitative estimate of drug-likeness (QED) is 0.505. The minimum atomic E-state index is -3.49. The molecule has 2 fully saturated rings. The molecule has 2 aromatic rings. The molecule has 1 aliphatic carbocycles. The molecule has 0 bridgehead atoms. The second kappa shape index (κ2) is 10.5. The van der Waals surface area contributed by atoms with E-state index in [2.05, 4.69) is 20.6 Å². The van der Waals surface area contributed by atoms with Crippen LogP contribution in [-0.4, -0.2) is 41.7 Å². The third-order valence-corrected chi connectivity index (χ3v) is 8.35. The van der Waals surface area contributed by atoms with Gasteiger partial charge in [0.15, 0.2) is 15.7 Å². The molecule has 9 nitrogen and oxygen atoms in total. The molecule has 1 saturated carbocycles. The summed E-state index contributed by atoms with van der Waals surface area (Å²) in [7, 11) is -3.49. The summed E-state index contributed by atoms with van der Waals surface area (Å²) < 4.78 is 23.9. The molecule has 184 valence electrons. The lowest BCUT2D eigenvalue weighted by Gasteiger charge is -2.21. The lowest BCUT2D eigenvalue weighted by molar-refractivity contribution is -0.118. The van der Waals surface area contributed by atoms with Crippen LogP contribution in [-0.2, 0) is 19.4 Å². The van der Waals surface area contributed by atoms with Crippen molar-refractivity contribution in [3.05, 3.63) is 51.8 Å². The van der Waals surface area contributed by atoms with Crippen molar-refractivity contribution in [2.75, 3.05) is 11.6 Å². The number of nitrogens with one attached hydrogen (secondary N) is 2. The molecule has 2 aliphatic rings. The Morgan fingerprint density at radius 3 is 2.57 bits per heavy atom. The minimum Gasteiger partial charge on any atom is -0.309 e. The van der Waals surface area contributed by atoms with Gasteiger partial charge in [-0.3, -0.25) is 24.7 Å². The van der Waals surface area contributed by atoms with E-state index in [-0.39, 0.29) is 26.5 Å². The summed E-state index contributed by atoms with van der Waals surface area (Å²) in [5.41, 5.74) is 0.996. The number of imide groups is 1. The fourth-order valence-corrected chi connectivity index (χ4v) is 6.26. The van der Waals surface area contributed by atoms with Crippen LogP contribution >= 0.6 is 23.4 Å². The molecule has 1 atom stereocenters. The molecule has 35 heavy (non-hydrogen) atoms. The molecule has 3 amide bonds. The van der Waals surface area contributed by atoms with Crippen molar-refractivity contribution >= 4 is 62.1 Å². The second-order valence-corrected chi connectivity index (χ2v) is 12.0. The number of hydrogen-bond acceptors (Lipinski definition) is 8. The highest BCUT2D eigenvalue weighted by Crippen LogP contribution is 2.36. The SMILES string of the molecule is CS(=O)(=O)c1ccc(C(CC2CCCC2)C(=O)Nc2cnc(/C=C3/SC(=O)NC3=O)cn2)cc1Cl. The van der Waals surface area contributed by atoms with Gasteiger partial charge in [-0.1, -0.05) is 43.4 Å². The van der Waals surface area contributed by atoms with E-state index in [9.17, 15) is 22.8 Å². The van der Waals surface area contributed by atoms with Gasteiger partial charge < -0.3 is 5.32 Å². The summed E-state index contributed by atoms with van der Waals surface area (Å²) in [5.74, 6) is -0.715. The van der Waals surface area contributed by atoms with Crippen LogP contribution in [0.15, 0.2) is 40.4 Å². The van der Waals surface area contributed by atoms with Gasteiger partial charge >= 0.3 is 0 Å². The maximum absolute atomic E-state index is 13.3. The number of sulfone groups is 1. The zero-order chi connectivity index (χ0) is 25.2. The highest BCUT2D eigenvalue weighted by molar-refractivity contribution is 8.18. The molecule has 2 N–H and O–H groups in total. The molecule has 1 aliphatic heterocycles. The molecule has 4 rings (SSSR count). The van der Waals surface area contributed by atoms with Crippen molar-refractivity contribution in [2.24, 2.45) is 5.92 Å². The number of rotatable bonds is 7. The van der Waals surface area contributed by atoms with E-state index in [1.54, 1.807) is 12.1 Å². The molecule has 2 heterocycles. The van der Waals surface area contributed by atoms with E-state index in [1.807, 2.05) is 0 Å². The number of amides is 3. The largest absolute Gasteiger partial charge is 0.309 e. The Morgan fingerprint density at radius 1 is 1.26 bits per heavy atom. The Hall–Kier alpha value is -2.76. The van der Waals surface area contributed by atoms with Crippen LogP contribution in [0.2, 0.25) is 5.02 Å². The molecule has 0 radical (unpaired) electrons. The summed E-state index contributed by atoms with van der Waals surface area (Å²) in [6, 6.07) is 4.61. The first-order chi connectivity index (χ1) is 16.6. The van der Waals surface area contributed by atoms with Crippen molar-refractivity contribution < 1.29 is 22.8 Å². The molecule has 1 aromatic heterocycles. The Bertz CT molecular complexity index is 1310. The second-order valence-electron chi connectivity index (χ2n) is 8.57. The van der Waals surface area contributed by atoms with Gasteiger partial charge in [0, 0.05) is 6.26 Å². The molecular formula is C23H23ClN4O5S2. The number of hydrogen-bond donors (Lipinski definition) is 2. The van der Waals surface area contributed by atoms with Gasteiger partial charge in [0.1, 0.15) is 0 Å². The van der Waals surface area contributed by atoms with Crippen molar-refractivity contribution in [1.82, 2.24) is 15.3 Å². The highest BCUT2D eigenvalue weighted by atomic mass is 35.5. The van der Waals surface area contributed by atoms with Crippen molar-refractivity contribution in [2.45, 2.75) is 42.9 Å². The molecular weight excluding hydrogens is 512 g/mol. The van der Waals surface area contributed by atoms with Crippen LogP contribution in [0, 0.1) is 5.92 Å². The van der Waals surface area contributed by atoms with Gasteiger partial charge in [-0.25, -0.2) is 13.4 Å². The van der Waals surface area contributed by atoms with E-state index >= 15 is 0 Å². The molecule has 1 aromatic carbocycles. The monoisotopic (exact) mass is 534 g/mol. The standard InChI is InChI=1S/C23H23ClN4O5S2/c1-35(32,33)19-7-6-14(9-17(19)24)16(8-13-4-2-3-5-13)21(29)27-20-12-25-15(11-26-20)10-18-22(30)28-23(31)34-18/h6-7,9-13,16H,2-5,8H2,1H3,(H,26,27,29)(H,28,30,31)/b18-10+.